The number of benzene rings is 4. The molecular formula is C25H20ClN3O6S. The van der Waals surface area contributed by atoms with E-state index in [1.165, 1.54) is 13.2 Å². The number of rotatable bonds is 6. The lowest BCUT2D eigenvalue weighted by Gasteiger charge is -2.13. The number of amides is 1. The van der Waals surface area contributed by atoms with E-state index in [1.807, 2.05) is 0 Å². The number of hydrogen-bond donors (Lipinski definition) is 3. The van der Waals surface area contributed by atoms with Crippen molar-refractivity contribution < 1.29 is 27.6 Å². The number of anilines is 1. The molecule has 4 rings (SSSR count). The van der Waals surface area contributed by atoms with Crippen LogP contribution in [-0.2, 0) is 10.1 Å². The number of carbonyl (C=O) groups excluding carboxylic acids is 1. The van der Waals surface area contributed by atoms with Crippen molar-refractivity contribution in [3.05, 3.63) is 82.9 Å². The van der Waals surface area contributed by atoms with E-state index in [0.29, 0.717) is 27.8 Å². The molecular weight excluding hydrogens is 506 g/mol. The molecule has 0 aliphatic heterocycles. The monoisotopic (exact) mass is 525 g/mol. The molecule has 0 saturated carbocycles. The second-order valence-electron chi connectivity index (χ2n) is 7.72. The van der Waals surface area contributed by atoms with Crippen molar-refractivity contribution in [2.75, 3.05) is 12.4 Å². The topological polar surface area (TPSA) is 138 Å². The lowest BCUT2D eigenvalue weighted by molar-refractivity contribution is 0.102. The third kappa shape index (κ3) is 5.01. The van der Waals surface area contributed by atoms with Crippen molar-refractivity contribution in [3.8, 4) is 11.5 Å². The quantitative estimate of drug-likeness (QED) is 0.196. The molecule has 0 aliphatic rings. The van der Waals surface area contributed by atoms with Gasteiger partial charge < -0.3 is 15.2 Å². The first-order valence-electron chi connectivity index (χ1n) is 10.5. The van der Waals surface area contributed by atoms with Crippen LogP contribution in [0.2, 0.25) is 5.02 Å². The maximum atomic E-state index is 13.1. The molecule has 0 atom stereocenters. The Morgan fingerprint density at radius 1 is 1.03 bits per heavy atom. The lowest BCUT2D eigenvalue weighted by atomic mass is 10.0. The smallest absolute Gasteiger partial charge is 0.294 e. The number of ether oxygens (including phenoxy) is 1. The highest BCUT2D eigenvalue weighted by Gasteiger charge is 2.20. The summed E-state index contributed by atoms with van der Waals surface area (Å²) in [5, 5.41) is 23.2. The molecule has 9 nitrogen and oxygen atoms in total. The number of carbonyl (C=O) groups is 1. The van der Waals surface area contributed by atoms with Crippen molar-refractivity contribution in [2.24, 2.45) is 10.2 Å². The predicted octanol–water partition coefficient (Wildman–Crippen LogP) is 6.43. The Hall–Kier alpha value is -3.99. The summed E-state index contributed by atoms with van der Waals surface area (Å²) >= 11 is 6.11. The van der Waals surface area contributed by atoms with Gasteiger partial charge in [0.1, 0.15) is 11.4 Å². The summed E-state index contributed by atoms with van der Waals surface area (Å²) in [6.07, 6.45) is 0. The Morgan fingerprint density at radius 2 is 1.72 bits per heavy atom. The summed E-state index contributed by atoms with van der Waals surface area (Å²) in [5.41, 5.74) is 0.804. The van der Waals surface area contributed by atoms with Crippen LogP contribution in [0.25, 0.3) is 10.8 Å². The largest absolute Gasteiger partial charge is 0.505 e. The van der Waals surface area contributed by atoms with Gasteiger partial charge in [0.25, 0.3) is 16.0 Å². The van der Waals surface area contributed by atoms with E-state index >= 15 is 0 Å². The summed E-state index contributed by atoms with van der Waals surface area (Å²) in [6.45, 7) is 1.60. The second kappa shape index (κ2) is 9.94. The fourth-order valence-electron chi connectivity index (χ4n) is 3.53. The van der Waals surface area contributed by atoms with Crippen molar-refractivity contribution in [2.45, 2.75) is 11.8 Å². The highest BCUT2D eigenvalue weighted by Crippen LogP contribution is 2.41. The number of nitrogens with one attached hydrogen (secondary N) is 1. The molecule has 11 heteroatoms. The summed E-state index contributed by atoms with van der Waals surface area (Å²) in [7, 11) is -3.07. The molecule has 0 aromatic heterocycles. The molecule has 0 fully saturated rings. The van der Waals surface area contributed by atoms with Gasteiger partial charge in [-0.3, -0.25) is 9.35 Å². The first-order valence-corrected chi connectivity index (χ1v) is 12.3. The minimum atomic E-state index is -4.54. The number of methoxy groups -OCH3 is 1. The van der Waals surface area contributed by atoms with Crippen LogP contribution in [0.5, 0.6) is 11.5 Å². The van der Waals surface area contributed by atoms with Crippen LogP contribution in [0.1, 0.15) is 15.9 Å². The van der Waals surface area contributed by atoms with Crippen LogP contribution < -0.4 is 10.1 Å². The Morgan fingerprint density at radius 3 is 2.44 bits per heavy atom. The predicted molar refractivity (Wildman–Crippen MR) is 137 cm³/mol. The zero-order valence-electron chi connectivity index (χ0n) is 19.1. The normalized spacial score (nSPS) is 11.7. The van der Waals surface area contributed by atoms with Gasteiger partial charge in [-0.1, -0.05) is 48.0 Å². The molecule has 1 amide bonds. The zero-order valence-corrected chi connectivity index (χ0v) is 20.6. The van der Waals surface area contributed by atoms with E-state index < -0.39 is 26.7 Å². The minimum absolute atomic E-state index is 0.00828. The summed E-state index contributed by atoms with van der Waals surface area (Å²) < 4.78 is 37.9. The molecule has 0 aliphatic carbocycles. The second-order valence-corrected chi connectivity index (χ2v) is 9.55. The van der Waals surface area contributed by atoms with Crippen LogP contribution in [0.3, 0.4) is 0 Å². The molecule has 0 bridgehead atoms. The van der Waals surface area contributed by atoms with E-state index in [0.717, 1.165) is 12.1 Å². The van der Waals surface area contributed by atoms with Crippen molar-refractivity contribution >= 4 is 55.5 Å². The number of phenols is 1. The molecule has 3 N–H and O–H groups in total. The Balaban J connectivity index is 1.83. The summed E-state index contributed by atoms with van der Waals surface area (Å²) in [6, 6.07) is 17.5. The Bertz CT molecular complexity index is 1640. The molecule has 4 aromatic rings. The maximum absolute atomic E-state index is 13.1. The van der Waals surface area contributed by atoms with Crippen LogP contribution in [0.4, 0.5) is 17.1 Å². The van der Waals surface area contributed by atoms with Crippen LogP contribution >= 0.6 is 11.6 Å². The maximum Gasteiger partial charge on any atom is 0.294 e. The van der Waals surface area contributed by atoms with E-state index in [-0.39, 0.29) is 22.0 Å². The number of halogens is 1. The molecule has 36 heavy (non-hydrogen) atoms. The van der Waals surface area contributed by atoms with Gasteiger partial charge in [-0.15, -0.1) is 5.11 Å². The number of para-hydroxylation sites is 2. The van der Waals surface area contributed by atoms with Gasteiger partial charge in [0.05, 0.1) is 28.9 Å². The van der Waals surface area contributed by atoms with Crippen molar-refractivity contribution in [3.63, 3.8) is 0 Å². The van der Waals surface area contributed by atoms with Gasteiger partial charge in [0, 0.05) is 10.4 Å². The highest BCUT2D eigenvalue weighted by molar-refractivity contribution is 7.85. The van der Waals surface area contributed by atoms with E-state index in [9.17, 15) is 22.9 Å². The first-order chi connectivity index (χ1) is 17.1. The number of aromatic hydroxyl groups is 1. The molecule has 0 saturated heterocycles. The SMILES string of the molecule is COc1ccccc1NC(=O)c1cc2ccccc2c(N=Nc2cc(S(=O)(=O)O)cc(Cl)c2C)c1O. The summed E-state index contributed by atoms with van der Waals surface area (Å²) in [4.78, 5) is 12.7. The molecule has 184 valence electrons. The van der Waals surface area contributed by atoms with Gasteiger partial charge >= 0.3 is 0 Å². The number of azo groups is 1. The van der Waals surface area contributed by atoms with Gasteiger partial charge in [0.2, 0.25) is 0 Å². The fraction of sp³-hybridized carbons (Fsp3) is 0.0800. The van der Waals surface area contributed by atoms with Crippen LogP contribution in [-0.4, -0.2) is 31.1 Å². The molecule has 0 unspecified atom stereocenters. The van der Waals surface area contributed by atoms with Crippen LogP contribution in [0.15, 0.2) is 81.9 Å². The Labute approximate surface area is 211 Å². The number of nitrogens with zero attached hydrogens (tertiary/aromatic N) is 2. The van der Waals surface area contributed by atoms with E-state index in [1.54, 1.807) is 55.5 Å². The third-order valence-corrected chi connectivity index (χ3v) is 6.66. The zero-order chi connectivity index (χ0) is 26.0. The lowest BCUT2D eigenvalue weighted by Crippen LogP contribution is -2.13. The number of hydrogen-bond acceptors (Lipinski definition) is 7. The van der Waals surface area contributed by atoms with E-state index in [2.05, 4.69) is 15.5 Å². The number of fused-ring (bicyclic) bond motifs is 1. The van der Waals surface area contributed by atoms with E-state index in [4.69, 9.17) is 16.3 Å². The third-order valence-electron chi connectivity index (χ3n) is 5.44. The average Bonchev–Trinajstić information content (AvgIpc) is 2.85. The molecule has 0 radical (unpaired) electrons. The molecule has 4 aromatic carbocycles. The van der Waals surface area contributed by atoms with Gasteiger partial charge in [-0.25, -0.2) is 0 Å². The standard InChI is InChI=1S/C25H20ClN3O6S/c1-14-19(26)12-16(36(32,33)34)13-21(14)28-29-23-17-8-4-3-7-15(17)11-18(24(23)30)25(31)27-20-9-5-6-10-22(20)35-2/h3-13,30H,1-2H3,(H,27,31)(H,32,33,34). The fourth-order valence-corrected chi connectivity index (χ4v) is 4.33. The average molecular weight is 526 g/mol. The molecule has 0 spiro atoms. The highest BCUT2D eigenvalue weighted by atomic mass is 35.5. The summed E-state index contributed by atoms with van der Waals surface area (Å²) in [5.74, 6) is -0.594. The van der Waals surface area contributed by atoms with Crippen molar-refractivity contribution in [1.29, 1.82) is 0 Å². The van der Waals surface area contributed by atoms with Gasteiger partial charge in [-0.2, -0.15) is 13.5 Å². The van der Waals surface area contributed by atoms with Crippen molar-refractivity contribution in [1.82, 2.24) is 0 Å². The molecule has 0 heterocycles. The Kier molecular flexibility index (Phi) is 6.93. The minimum Gasteiger partial charge on any atom is -0.505 e. The van der Waals surface area contributed by atoms with Crippen LogP contribution in [0, 0.1) is 6.92 Å². The van der Waals surface area contributed by atoms with Gasteiger partial charge in [0.15, 0.2) is 5.75 Å². The number of phenolic OH excluding ortho intramolecular Hbond substituents is 1. The van der Waals surface area contributed by atoms with Gasteiger partial charge in [-0.05, 0) is 48.2 Å². The first kappa shape index (κ1) is 25.1.